The molecule has 1 amide bonds. The van der Waals surface area contributed by atoms with Gasteiger partial charge < -0.3 is 9.64 Å². The van der Waals surface area contributed by atoms with Gasteiger partial charge in [-0.3, -0.25) is 14.6 Å². The van der Waals surface area contributed by atoms with Gasteiger partial charge in [0.05, 0.1) is 13.0 Å². The van der Waals surface area contributed by atoms with Crippen LogP contribution in [0.5, 0.6) is 0 Å². The minimum atomic E-state index is -0.329. The number of aromatic nitrogens is 1. The smallest absolute Gasteiger partial charge is 0.310 e. The van der Waals surface area contributed by atoms with Gasteiger partial charge in [0, 0.05) is 31.9 Å². The second kappa shape index (κ2) is 4.95. The number of hydrogen-bond acceptors (Lipinski definition) is 4. The summed E-state index contributed by atoms with van der Waals surface area (Å²) in [6.45, 7) is 0.931. The molecule has 1 atom stereocenters. The molecule has 5 nitrogen and oxygen atoms in total. The van der Waals surface area contributed by atoms with Gasteiger partial charge in [0.2, 0.25) is 5.91 Å². The summed E-state index contributed by atoms with van der Waals surface area (Å²) in [6.07, 6.45) is 3.65. The second-order valence-electron chi connectivity index (χ2n) is 4.06. The SMILES string of the molecule is COC(=O)[C@@H]1CC(=O)N(Cc2cccnc2)C1. The van der Waals surface area contributed by atoms with Crippen LogP contribution in [0.15, 0.2) is 24.5 Å². The number of carbonyl (C=O) groups excluding carboxylic acids is 2. The van der Waals surface area contributed by atoms with Crippen LogP contribution in [0.25, 0.3) is 0 Å². The molecule has 1 saturated heterocycles. The molecule has 5 heteroatoms. The Morgan fingerprint density at radius 2 is 2.47 bits per heavy atom. The number of nitrogens with zero attached hydrogens (tertiary/aromatic N) is 2. The zero-order chi connectivity index (χ0) is 12.3. The number of likely N-dealkylation sites (tertiary alicyclic amines) is 1. The highest BCUT2D eigenvalue weighted by atomic mass is 16.5. The van der Waals surface area contributed by atoms with Crippen LogP contribution in [0, 0.1) is 5.92 Å². The standard InChI is InChI=1S/C12H14N2O3/c1-17-12(16)10-5-11(15)14(8-10)7-9-3-2-4-13-6-9/h2-4,6,10H,5,7-8H2,1H3/t10-/m1/s1. The van der Waals surface area contributed by atoms with Gasteiger partial charge in [0.15, 0.2) is 0 Å². The van der Waals surface area contributed by atoms with Crippen molar-refractivity contribution in [1.29, 1.82) is 0 Å². The highest BCUT2D eigenvalue weighted by Gasteiger charge is 2.34. The Balaban J connectivity index is 1.99. The summed E-state index contributed by atoms with van der Waals surface area (Å²) in [5.74, 6) is -0.652. The Hall–Kier alpha value is -1.91. The maximum Gasteiger partial charge on any atom is 0.310 e. The van der Waals surface area contributed by atoms with Crippen molar-refractivity contribution in [2.75, 3.05) is 13.7 Å². The Morgan fingerprint density at radius 3 is 3.12 bits per heavy atom. The van der Waals surface area contributed by atoms with Crippen LogP contribution >= 0.6 is 0 Å². The molecule has 1 aromatic rings. The van der Waals surface area contributed by atoms with E-state index in [9.17, 15) is 9.59 Å². The summed E-state index contributed by atoms with van der Waals surface area (Å²) in [6, 6.07) is 3.74. The van der Waals surface area contributed by atoms with Crippen LogP contribution in [0.2, 0.25) is 0 Å². The fourth-order valence-corrected chi connectivity index (χ4v) is 1.96. The lowest BCUT2D eigenvalue weighted by Gasteiger charge is -2.15. The highest BCUT2D eigenvalue weighted by molar-refractivity contribution is 5.86. The predicted molar refractivity (Wildman–Crippen MR) is 59.8 cm³/mol. The van der Waals surface area contributed by atoms with E-state index in [1.54, 1.807) is 17.3 Å². The molecule has 0 saturated carbocycles. The third-order valence-electron chi connectivity index (χ3n) is 2.85. The summed E-state index contributed by atoms with van der Waals surface area (Å²) in [5.41, 5.74) is 0.964. The molecule has 0 N–H and O–H groups in total. The number of esters is 1. The molecule has 2 heterocycles. The third kappa shape index (κ3) is 2.61. The fourth-order valence-electron chi connectivity index (χ4n) is 1.96. The summed E-state index contributed by atoms with van der Waals surface area (Å²) >= 11 is 0. The molecule has 0 aliphatic carbocycles. The van der Waals surface area contributed by atoms with E-state index < -0.39 is 0 Å². The summed E-state index contributed by atoms with van der Waals surface area (Å²) < 4.78 is 4.65. The van der Waals surface area contributed by atoms with Gasteiger partial charge in [-0.2, -0.15) is 0 Å². The minimum Gasteiger partial charge on any atom is -0.469 e. The molecule has 0 bridgehead atoms. The third-order valence-corrected chi connectivity index (χ3v) is 2.85. The Kier molecular flexibility index (Phi) is 3.37. The molecule has 0 unspecified atom stereocenters. The molecule has 17 heavy (non-hydrogen) atoms. The van der Waals surface area contributed by atoms with E-state index >= 15 is 0 Å². The molecule has 1 aliphatic rings. The van der Waals surface area contributed by atoms with Crippen molar-refractivity contribution in [3.8, 4) is 0 Å². The average Bonchev–Trinajstić information content (AvgIpc) is 2.71. The molecule has 0 aromatic carbocycles. The zero-order valence-electron chi connectivity index (χ0n) is 9.63. The van der Waals surface area contributed by atoms with Crippen molar-refractivity contribution in [3.63, 3.8) is 0 Å². The number of pyridine rings is 1. The zero-order valence-corrected chi connectivity index (χ0v) is 9.63. The molecular formula is C12H14N2O3. The quantitative estimate of drug-likeness (QED) is 0.719. The van der Waals surface area contributed by atoms with Crippen molar-refractivity contribution >= 4 is 11.9 Å². The lowest BCUT2D eigenvalue weighted by Crippen LogP contribution is -2.26. The van der Waals surface area contributed by atoms with E-state index in [4.69, 9.17) is 0 Å². The van der Waals surface area contributed by atoms with E-state index in [0.717, 1.165) is 5.56 Å². The van der Waals surface area contributed by atoms with E-state index in [1.165, 1.54) is 7.11 Å². The number of methoxy groups -OCH3 is 1. The Morgan fingerprint density at radius 1 is 1.65 bits per heavy atom. The van der Waals surface area contributed by atoms with Crippen LogP contribution in [-0.2, 0) is 20.9 Å². The Labute approximate surface area is 99.4 Å². The first kappa shape index (κ1) is 11.6. The highest BCUT2D eigenvalue weighted by Crippen LogP contribution is 2.20. The van der Waals surface area contributed by atoms with Gasteiger partial charge in [-0.15, -0.1) is 0 Å². The Bertz CT molecular complexity index is 419. The van der Waals surface area contributed by atoms with Crippen molar-refractivity contribution < 1.29 is 14.3 Å². The number of carbonyl (C=O) groups is 2. The van der Waals surface area contributed by atoms with Crippen molar-refractivity contribution in [3.05, 3.63) is 30.1 Å². The van der Waals surface area contributed by atoms with Crippen LogP contribution < -0.4 is 0 Å². The molecule has 90 valence electrons. The van der Waals surface area contributed by atoms with E-state index in [1.807, 2.05) is 12.1 Å². The molecule has 1 aromatic heterocycles. The first-order chi connectivity index (χ1) is 8.20. The predicted octanol–water partition coefficient (Wildman–Crippen LogP) is 0.603. The molecular weight excluding hydrogens is 220 g/mol. The first-order valence-corrected chi connectivity index (χ1v) is 5.45. The lowest BCUT2D eigenvalue weighted by molar-refractivity contribution is -0.145. The van der Waals surface area contributed by atoms with Crippen molar-refractivity contribution in [2.45, 2.75) is 13.0 Å². The number of hydrogen-bond donors (Lipinski definition) is 0. The van der Waals surface area contributed by atoms with Crippen LogP contribution in [0.4, 0.5) is 0 Å². The van der Waals surface area contributed by atoms with Gasteiger partial charge in [-0.1, -0.05) is 6.07 Å². The minimum absolute atomic E-state index is 0.00995. The van der Waals surface area contributed by atoms with Gasteiger partial charge in [-0.05, 0) is 11.6 Å². The largest absolute Gasteiger partial charge is 0.469 e. The average molecular weight is 234 g/mol. The maximum atomic E-state index is 11.7. The van der Waals surface area contributed by atoms with Crippen LogP contribution in [0.3, 0.4) is 0 Å². The molecule has 0 spiro atoms. The van der Waals surface area contributed by atoms with Gasteiger partial charge >= 0.3 is 5.97 Å². The fraction of sp³-hybridized carbons (Fsp3) is 0.417. The van der Waals surface area contributed by atoms with Crippen molar-refractivity contribution in [1.82, 2.24) is 9.88 Å². The summed E-state index contributed by atoms with van der Waals surface area (Å²) in [5, 5.41) is 0. The monoisotopic (exact) mass is 234 g/mol. The molecule has 1 fully saturated rings. The van der Waals surface area contributed by atoms with Gasteiger partial charge in [0.25, 0.3) is 0 Å². The molecule has 2 rings (SSSR count). The number of amides is 1. The number of ether oxygens (including phenoxy) is 1. The lowest BCUT2D eigenvalue weighted by atomic mass is 10.1. The topological polar surface area (TPSA) is 59.5 Å². The van der Waals surface area contributed by atoms with Gasteiger partial charge in [-0.25, -0.2) is 0 Å². The van der Waals surface area contributed by atoms with E-state index in [0.29, 0.717) is 13.1 Å². The summed E-state index contributed by atoms with van der Waals surface area (Å²) in [7, 11) is 1.34. The van der Waals surface area contributed by atoms with Crippen LogP contribution in [-0.4, -0.2) is 35.4 Å². The van der Waals surface area contributed by atoms with E-state index in [2.05, 4.69) is 9.72 Å². The maximum absolute atomic E-state index is 11.7. The normalized spacial score (nSPS) is 19.5. The van der Waals surface area contributed by atoms with Crippen LogP contribution in [0.1, 0.15) is 12.0 Å². The van der Waals surface area contributed by atoms with Gasteiger partial charge in [0.1, 0.15) is 0 Å². The molecule has 0 radical (unpaired) electrons. The number of rotatable bonds is 3. The molecule has 1 aliphatic heterocycles. The second-order valence-corrected chi connectivity index (χ2v) is 4.06. The first-order valence-electron chi connectivity index (χ1n) is 5.45. The summed E-state index contributed by atoms with van der Waals surface area (Å²) in [4.78, 5) is 28.7. The van der Waals surface area contributed by atoms with E-state index in [-0.39, 0.29) is 24.2 Å². The van der Waals surface area contributed by atoms with Crippen molar-refractivity contribution in [2.24, 2.45) is 5.92 Å².